The first-order chi connectivity index (χ1) is 7.70. The van der Waals surface area contributed by atoms with Crippen LogP contribution in [0, 0.1) is 11.8 Å². The first kappa shape index (κ1) is 12.4. The van der Waals surface area contributed by atoms with E-state index in [0.717, 1.165) is 24.5 Å². The Morgan fingerprint density at radius 3 is 2.62 bits per heavy atom. The van der Waals surface area contributed by atoms with Gasteiger partial charge in [0.1, 0.15) is 0 Å². The van der Waals surface area contributed by atoms with Crippen LogP contribution in [-0.2, 0) is 4.74 Å². The van der Waals surface area contributed by atoms with E-state index in [0.29, 0.717) is 12.1 Å². The summed E-state index contributed by atoms with van der Waals surface area (Å²) in [4.78, 5) is 0. The SMILES string of the molecule is CCC1CCC(NC2CCOC(C)C2)C1C. The number of ether oxygens (including phenoxy) is 1. The molecule has 16 heavy (non-hydrogen) atoms. The first-order valence-corrected chi connectivity index (χ1v) is 7.08. The van der Waals surface area contributed by atoms with Crippen molar-refractivity contribution < 1.29 is 4.74 Å². The lowest BCUT2D eigenvalue weighted by Crippen LogP contribution is -2.45. The summed E-state index contributed by atoms with van der Waals surface area (Å²) in [5, 5.41) is 3.88. The molecule has 1 saturated heterocycles. The van der Waals surface area contributed by atoms with Crippen LogP contribution in [0.1, 0.15) is 52.9 Å². The molecule has 0 aromatic heterocycles. The van der Waals surface area contributed by atoms with Crippen molar-refractivity contribution in [2.24, 2.45) is 11.8 Å². The van der Waals surface area contributed by atoms with Crippen molar-refractivity contribution in [3.8, 4) is 0 Å². The van der Waals surface area contributed by atoms with E-state index in [4.69, 9.17) is 4.74 Å². The molecule has 0 bridgehead atoms. The average molecular weight is 225 g/mol. The fraction of sp³-hybridized carbons (Fsp3) is 1.00. The largest absolute Gasteiger partial charge is 0.378 e. The Bertz CT molecular complexity index is 219. The lowest BCUT2D eigenvalue weighted by Gasteiger charge is -2.32. The molecule has 0 spiro atoms. The molecular formula is C14H27NO. The van der Waals surface area contributed by atoms with Gasteiger partial charge in [-0.15, -0.1) is 0 Å². The molecule has 1 N–H and O–H groups in total. The molecule has 1 aliphatic carbocycles. The Hall–Kier alpha value is -0.0800. The Labute approximate surface area is 100 Å². The summed E-state index contributed by atoms with van der Waals surface area (Å²) in [5.41, 5.74) is 0. The van der Waals surface area contributed by atoms with Crippen molar-refractivity contribution >= 4 is 0 Å². The molecule has 1 heterocycles. The third-order valence-electron chi connectivity index (χ3n) is 4.69. The Kier molecular flexibility index (Phi) is 4.26. The van der Waals surface area contributed by atoms with Crippen LogP contribution in [0.5, 0.6) is 0 Å². The van der Waals surface area contributed by atoms with Crippen LogP contribution in [0.4, 0.5) is 0 Å². The van der Waals surface area contributed by atoms with E-state index < -0.39 is 0 Å². The topological polar surface area (TPSA) is 21.3 Å². The molecule has 2 rings (SSSR count). The van der Waals surface area contributed by atoms with Gasteiger partial charge in [-0.3, -0.25) is 0 Å². The fourth-order valence-corrected chi connectivity index (χ4v) is 3.51. The minimum Gasteiger partial charge on any atom is -0.378 e. The molecule has 2 heteroatoms. The van der Waals surface area contributed by atoms with Gasteiger partial charge in [0.25, 0.3) is 0 Å². The maximum absolute atomic E-state index is 5.60. The first-order valence-electron chi connectivity index (χ1n) is 7.08. The maximum atomic E-state index is 5.60. The van der Waals surface area contributed by atoms with Crippen LogP contribution in [0.2, 0.25) is 0 Å². The standard InChI is InChI=1S/C14H27NO/c1-4-12-5-6-14(11(12)3)15-13-7-8-16-10(2)9-13/h10-15H,4-9H2,1-3H3. The van der Waals surface area contributed by atoms with Gasteiger partial charge in [-0.2, -0.15) is 0 Å². The van der Waals surface area contributed by atoms with Crippen molar-refractivity contribution in [1.82, 2.24) is 5.32 Å². The Morgan fingerprint density at radius 2 is 2.00 bits per heavy atom. The maximum Gasteiger partial charge on any atom is 0.0561 e. The number of hydrogen-bond donors (Lipinski definition) is 1. The Balaban J connectivity index is 1.81. The quantitative estimate of drug-likeness (QED) is 0.797. The minimum absolute atomic E-state index is 0.449. The average Bonchev–Trinajstić information content (AvgIpc) is 2.60. The van der Waals surface area contributed by atoms with E-state index >= 15 is 0 Å². The number of nitrogens with one attached hydrogen (secondary N) is 1. The summed E-state index contributed by atoms with van der Waals surface area (Å²) < 4.78 is 5.60. The molecular weight excluding hydrogens is 198 g/mol. The molecule has 0 aromatic carbocycles. The summed E-state index contributed by atoms with van der Waals surface area (Å²) in [6, 6.07) is 1.46. The molecule has 5 atom stereocenters. The second-order valence-corrected chi connectivity index (χ2v) is 5.78. The zero-order valence-corrected chi connectivity index (χ0v) is 11.0. The lowest BCUT2D eigenvalue weighted by atomic mass is 9.92. The lowest BCUT2D eigenvalue weighted by molar-refractivity contribution is 0.0102. The van der Waals surface area contributed by atoms with Gasteiger partial charge >= 0.3 is 0 Å². The predicted molar refractivity (Wildman–Crippen MR) is 67.5 cm³/mol. The molecule has 1 saturated carbocycles. The van der Waals surface area contributed by atoms with Crippen molar-refractivity contribution in [2.75, 3.05) is 6.61 Å². The van der Waals surface area contributed by atoms with Crippen molar-refractivity contribution in [1.29, 1.82) is 0 Å². The van der Waals surface area contributed by atoms with Gasteiger partial charge in [-0.25, -0.2) is 0 Å². The predicted octanol–water partition coefficient (Wildman–Crippen LogP) is 2.97. The van der Waals surface area contributed by atoms with E-state index in [1.54, 1.807) is 0 Å². The third kappa shape index (κ3) is 2.78. The van der Waals surface area contributed by atoms with Crippen LogP contribution < -0.4 is 5.32 Å². The van der Waals surface area contributed by atoms with Crippen molar-refractivity contribution in [2.45, 2.75) is 71.1 Å². The normalized spacial score (nSPS) is 44.8. The van der Waals surface area contributed by atoms with Gasteiger partial charge in [0, 0.05) is 18.7 Å². The molecule has 2 nitrogen and oxygen atoms in total. The van der Waals surface area contributed by atoms with Gasteiger partial charge in [0.15, 0.2) is 0 Å². The molecule has 0 amide bonds. The molecule has 5 unspecified atom stereocenters. The van der Waals surface area contributed by atoms with Crippen LogP contribution >= 0.6 is 0 Å². The summed E-state index contributed by atoms with van der Waals surface area (Å²) in [6.45, 7) is 7.90. The zero-order valence-electron chi connectivity index (χ0n) is 11.0. The van der Waals surface area contributed by atoms with Gasteiger partial charge in [0.2, 0.25) is 0 Å². The van der Waals surface area contributed by atoms with E-state index in [1.807, 2.05) is 0 Å². The molecule has 1 aliphatic heterocycles. The monoisotopic (exact) mass is 225 g/mol. The molecule has 94 valence electrons. The summed E-state index contributed by atoms with van der Waals surface area (Å²) in [6.07, 6.45) is 7.00. The number of rotatable bonds is 3. The van der Waals surface area contributed by atoms with Crippen LogP contribution in [0.25, 0.3) is 0 Å². The van der Waals surface area contributed by atoms with Gasteiger partial charge in [0.05, 0.1) is 6.10 Å². The van der Waals surface area contributed by atoms with Crippen molar-refractivity contribution in [3.05, 3.63) is 0 Å². The molecule has 2 aliphatic rings. The Morgan fingerprint density at radius 1 is 1.19 bits per heavy atom. The van der Waals surface area contributed by atoms with Gasteiger partial charge in [-0.05, 0) is 44.4 Å². The second-order valence-electron chi connectivity index (χ2n) is 5.78. The highest BCUT2D eigenvalue weighted by molar-refractivity contribution is 4.89. The second kappa shape index (κ2) is 5.50. The van der Waals surface area contributed by atoms with E-state index in [1.165, 1.54) is 32.1 Å². The van der Waals surface area contributed by atoms with Crippen LogP contribution in [0.3, 0.4) is 0 Å². The highest BCUT2D eigenvalue weighted by atomic mass is 16.5. The molecule has 2 fully saturated rings. The third-order valence-corrected chi connectivity index (χ3v) is 4.69. The zero-order chi connectivity index (χ0) is 11.5. The van der Waals surface area contributed by atoms with E-state index in [2.05, 4.69) is 26.1 Å². The number of hydrogen-bond acceptors (Lipinski definition) is 2. The van der Waals surface area contributed by atoms with Gasteiger partial charge in [-0.1, -0.05) is 20.3 Å². The van der Waals surface area contributed by atoms with E-state index in [9.17, 15) is 0 Å². The van der Waals surface area contributed by atoms with Crippen LogP contribution in [-0.4, -0.2) is 24.8 Å². The van der Waals surface area contributed by atoms with Gasteiger partial charge < -0.3 is 10.1 Å². The minimum atomic E-state index is 0.449. The summed E-state index contributed by atoms with van der Waals surface area (Å²) >= 11 is 0. The summed E-state index contributed by atoms with van der Waals surface area (Å²) in [5.74, 6) is 1.82. The fourth-order valence-electron chi connectivity index (χ4n) is 3.51. The molecule has 0 aromatic rings. The summed E-state index contributed by atoms with van der Waals surface area (Å²) in [7, 11) is 0. The molecule has 0 radical (unpaired) electrons. The highest BCUT2D eigenvalue weighted by Crippen LogP contribution is 2.34. The van der Waals surface area contributed by atoms with E-state index in [-0.39, 0.29) is 0 Å². The van der Waals surface area contributed by atoms with Crippen LogP contribution in [0.15, 0.2) is 0 Å². The highest BCUT2D eigenvalue weighted by Gasteiger charge is 2.33. The van der Waals surface area contributed by atoms with Crippen molar-refractivity contribution in [3.63, 3.8) is 0 Å². The smallest absolute Gasteiger partial charge is 0.0561 e.